The number of hydrogen-bond donors (Lipinski definition) is 1. The number of likely N-dealkylation sites (tertiary alicyclic amines) is 1. The number of hydrogen-bond acceptors (Lipinski definition) is 4. The Bertz CT molecular complexity index is 306. The summed E-state index contributed by atoms with van der Waals surface area (Å²) in [4.78, 5) is 24.8. The molecule has 0 aromatic rings. The smallest absolute Gasteiger partial charge is 0.397 e. The standard InChI is InChI=1S/C11H18N2O3/c1-2-16-11(15)10(14)13-6-7-3-8(12)5-9(13)4-7/h7-9H,2-6,12H2,1H3. The maximum Gasteiger partial charge on any atom is 0.397 e. The number of ether oxygens (including phenoxy) is 1. The Morgan fingerprint density at radius 2 is 2.12 bits per heavy atom. The number of nitrogens with zero attached hydrogens (tertiary/aromatic N) is 1. The van der Waals surface area contributed by atoms with Crippen LogP contribution in [-0.2, 0) is 14.3 Å². The van der Waals surface area contributed by atoms with E-state index in [1.54, 1.807) is 11.8 Å². The van der Waals surface area contributed by atoms with E-state index in [2.05, 4.69) is 0 Å². The zero-order valence-corrected chi connectivity index (χ0v) is 9.52. The van der Waals surface area contributed by atoms with Gasteiger partial charge in [0, 0.05) is 18.6 Å². The SMILES string of the molecule is CCOC(=O)C(=O)N1CC2CC(N)CC1C2. The molecule has 2 aliphatic rings. The molecule has 5 heteroatoms. The van der Waals surface area contributed by atoms with E-state index < -0.39 is 11.9 Å². The van der Waals surface area contributed by atoms with Gasteiger partial charge in [-0.15, -0.1) is 0 Å². The summed E-state index contributed by atoms with van der Waals surface area (Å²) in [5, 5.41) is 0. The van der Waals surface area contributed by atoms with Crippen LogP contribution in [-0.4, -0.2) is 42.0 Å². The normalized spacial score (nSPS) is 32.6. The van der Waals surface area contributed by atoms with Crippen LogP contribution in [0.2, 0.25) is 0 Å². The zero-order valence-electron chi connectivity index (χ0n) is 9.52. The second-order valence-electron chi connectivity index (χ2n) is 4.67. The van der Waals surface area contributed by atoms with Crippen LogP contribution in [0.1, 0.15) is 26.2 Å². The van der Waals surface area contributed by atoms with Gasteiger partial charge in [-0.3, -0.25) is 4.79 Å². The number of carbonyl (C=O) groups excluding carboxylic acids is 2. The van der Waals surface area contributed by atoms with Gasteiger partial charge in [0.15, 0.2) is 0 Å². The lowest BCUT2D eigenvalue weighted by molar-refractivity contribution is -0.160. The molecule has 2 rings (SSSR count). The van der Waals surface area contributed by atoms with E-state index in [4.69, 9.17) is 10.5 Å². The monoisotopic (exact) mass is 226 g/mol. The van der Waals surface area contributed by atoms with Gasteiger partial charge < -0.3 is 15.4 Å². The highest BCUT2D eigenvalue weighted by molar-refractivity contribution is 6.32. The molecule has 0 aromatic heterocycles. The Morgan fingerprint density at radius 3 is 2.81 bits per heavy atom. The van der Waals surface area contributed by atoms with Crippen molar-refractivity contribution < 1.29 is 14.3 Å². The molecular formula is C11H18N2O3. The van der Waals surface area contributed by atoms with Crippen molar-refractivity contribution in [2.45, 2.75) is 38.3 Å². The van der Waals surface area contributed by atoms with Gasteiger partial charge in [0.25, 0.3) is 0 Å². The summed E-state index contributed by atoms with van der Waals surface area (Å²) in [7, 11) is 0. The summed E-state index contributed by atoms with van der Waals surface area (Å²) >= 11 is 0. The molecule has 3 atom stereocenters. The third kappa shape index (κ3) is 2.04. The minimum atomic E-state index is -0.733. The Hall–Kier alpha value is -1.10. The number of rotatable bonds is 1. The van der Waals surface area contributed by atoms with E-state index in [-0.39, 0.29) is 18.7 Å². The Kier molecular flexibility index (Phi) is 3.14. The van der Waals surface area contributed by atoms with E-state index in [1.807, 2.05) is 0 Å². The molecule has 1 heterocycles. The predicted octanol–water partition coefficient (Wildman–Crippen LogP) is -0.112. The van der Waals surface area contributed by atoms with Crippen molar-refractivity contribution in [3.63, 3.8) is 0 Å². The van der Waals surface area contributed by atoms with Crippen LogP contribution in [0.4, 0.5) is 0 Å². The average molecular weight is 226 g/mol. The maximum atomic E-state index is 11.8. The first-order valence-corrected chi connectivity index (χ1v) is 5.85. The molecule has 16 heavy (non-hydrogen) atoms. The van der Waals surface area contributed by atoms with Crippen molar-refractivity contribution in [1.82, 2.24) is 4.90 Å². The van der Waals surface area contributed by atoms with E-state index in [9.17, 15) is 9.59 Å². The predicted molar refractivity (Wildman–Crippen MR) is 57.5 cm³/mol. The number of nitrogens with two attached hydrogens (primary N) is 1. The van der Waals surface area contributed by atoms with Gasteiger partial charge in [-0.1, -0.05) is 0 Å². The van der Waals surface area contributed by atoms with Crippen molar-refractivity contribution in [3.8, 4) is 0 Å². The van der Waals surface area contributed by atoms with E-state index in [0.29, 0.717) is 12.5 Å². The second kappa shape index (κ2) is 4.41. The van der Waals surface area contributed by atoms with Crippen LogP contribution in [0.15, 0.2) is 0 Å². The fourth-order valence-corrected chi connectivity index (χ4v) is 2.84. The summed E-state index contributed by atoms with van der Waals surface area (Å²) in [5.74, 6) is -0.765. The molecule has 90 valence electrons. The topological polar surface area (TPSA) is 72.6 Å². The van der Waals surface area contributed by atoms with Gasteiger partial charge in [-0.05, 0) is 32.1 Å². The van der Waals surface area contributed by atoms with Crippen LogP contribution in [0.3, 0.4) is 0 Å². The molecule has 1 aliphatic carbocycles. The lowest BCUT2D eigenvalue weighted by Gasteiger charge is -2.26. The third-order valence-electron chi connectivity index (χ3n) is 3.42. The molecule has 1 saturated heterocycles. The van der Waals surface area contributed by atoms with Crippen LogP contribution in [0.25, 0.3) is 0 Å². The van der Waals surface area contributed by atoms with Gasteiger partial charge >= 0.3 is 11.9 Å². The summed E-state index contributed by atoms with van der Waals surface area (Å²) in [5.41, 5.74) is 5.90. The molecular weight excluding hydrogens is 208 g/mol. The average Bonchev–Trinajstić information content (AvgIpc) is 2.53. The highest BCUT2D eigenvalue weighted by Gasteiger charge is 2.42. The molecule has 1 amide bonds. The summed E-state index contributed by atoms with van der Waals surface area (Å²) in [6, 6.07) is 0.314. The van der Waals surface area contributed by atoms with Crippen LogP contribution < -0.4 is 5.73 Å². The number of amides is 1. The molecule has 0 radical (unpaired) electrons. The van der Waals surface area contributed by atoms with Gasteiger partial charge in [0.1, 0.15) is 0 Å². The fraction of sp³-hybridized carbons (Fsp3) is 0.818. The van der Waals surface area contributed by atoms with Crippen molar-refractivity contribution in [2.75, 3.05) is 13.2 Å². The number of fused-ring (bicyclic) bond motifs is 2. The van der Waals surface area contributed by atoms with Crippen molar-refractivity contribution in [2.24, 2.45) is 11.7 Å². The molecule has 0 spiro atoms. The first kappa shape index (κ1) is 11.4. The highest BCUT2D eigenvalue weighted by Crippen LogP contribution is 2.34. The minimum absolute atomic E-state index is 0.144. The lowest BCUT2D eigenvalue weighted by Crippen LogP contribution is -2.42. The summed E-state index contributed by atoms with van der Waals surface area (Å²) < 4.78 is 4.73. The van der Waals surface area contributed by atoms with Crippen molar-refractivity contribution in [1.29, 1.82) is 0 Å². The molecule has 0 aromatic carbocycles. The number of carbonyl (C=O) groups is 2. The quantitative estimate of drug-likeness (QED) is 0.500. The van der Waals surface area contributed by atoms with Crippen LogP contribution in [0.5, 0.6) is 0 Å². The van der Waals surface area contributed by atoms with Gasteiger partial charge in [-0.2, -0.15) is 0 Å². The van der Waals surface area contributed by atoms with E-state index in [0.717, 1.165) is 19.3 Å². The van der Waals surface area contributed by atoms with Crippen LogP contribution >= 0.6 is 0 Å². The fourth-order valence-electron chi connectivity index (χ4n) is 2.84. The molecule has 2 bridgehead atoms. The van der Waals surface area contributed by atoms with Crippen LogP contribution in [0, 0.1) is 5.92 Å². The molecule has 5 nitrogen and oxygen atoms in total. The van der Waals surface area contributed by atoms with E-state index >= 15 is 0 Å². The zero-order chi connectivity index (χ0) is 11.7. The summed E-state index contributed by atoms with van der Waals surface area (Å²) in [6.45, 7) is 2.60. The molecule has 1 aliphatic heterocycles. The Morgan fingerprint density at radius 1 is 1.38 bits per heavy atom. The Labute approximate surface area is 94.9 Å². The first-order chi connectivity index (χ1) is 7.61. The van der Waals surface area contributed by atoms with Gasteiger partial charge in [0.2, 0.25) is 0 Å². The Balaban J connectivity index is 2.01. The maximum absolute atomic E-state index is 11.8. The van der Waals surface area contributed by atoms with Gasteiger partial charge in [-0.25, -0.2) is 4.79 Å². The minimum Gasteiger partial charge on any atom is -0.459 e. The number of esters is 1. The molecule has 2 fully saturated rings. The second-order valence-corrected chi connectivity index (χ2v) is 4.67. The largest absolute Gasteiger partial charge is 0.459 e. The molecule has 1 saturated carbocycles. The van der Waals surface area contributed by atoms with Crippen molar-refractivity contribution in [3.05, 3.63) is 0 Å². The molecule has 3 unspecified atom stereocenters. The first-order valence-electron chi connectivity index (χ1n) is 5.85. The lowest BCUT2D eigenvalue weighted by atomic mass is 9.87. The molecule has 2 N–H and O–H groups in total. The van der Waals surface area contributed by atoms with Crippen molar-refractivity contribution >= 4 is 11.9 Å². The highest BCUT2D eigenvalue weighted by atomic mass is 16.5. The third-order valence-corrected chi connectivity index (χ3v) is 3.42. The van der Waals surface area contributed by atoms with E-state index in [1.165, 1.54) is 0 Å². The summed E-state index contributed by atoms with van der Waals surface area (Å²) in [6.07, 6.45) is 2.75. The van der Waals surface area contributed by atoms with Gasteiger partial charge in [0.05, 0.1) is 6.61 Å².